The van der Waals surface area contributed by atoms with Crippen LogP contribution in [-0.2, 0) is 6.42 Å². The van der Waals surface area contributed by atoms with Gasteiger partial charge >= 0.3 is 0 Å². The first-order valence-electron chi connectivity index (χ1n) is 4.50. The molecule has 76 valence electrons. The van der Waals surface area contributed by atoms with Crippen LogP contribution < -0.4 is 5.73 Å². The Labute approximate surface area is 83.6 Å². The number of nitrogens with zero attached hydrogens (tertiary/aromatic N) is 2. The predicted molar refractivity (Wildman–Crippen MR) is 53.7 cm³/mol. The van der Waals surface area contributed by atoms with E-state index in [0.717, 1.165) is 0 Å². The van der Waals surface area contributed by atoms with Crippen LogP contribution in [0.15, 0.2) is 12.4 Å². The van der Waals surface area contributed by atoms with Gasteiger partial charge in [0.05, 0.1) is 5.69 Å². The van der Waals surface area contributed by atoms with Gasteiger partial charge in [0.15, 0.2) is 0 Å². The first-order valence-corrected chi connectivity index (χ1v) is 4.50. The molecule has 1 rings (SSSR count). The highest BCUT2D eigenvalue weighted by Gasteiger charge is 2.17. The Balaban J connectivity index is 3.02. The molecule has 1 aromatic rings. The lowest BCUT2D eigenvalue weighted by molar-refractivity contribution is 0.0993. The molecule has 0 spiro atoms. The van der Waals surface area contributed by atoms with Crippen LogP contribution in [0.25, 0.3) is 0 Å². The fraction of sp³-hybridized carbons (Fsp3) is 0.500. The van der Waals surface area contributed by atoms with Crippen LogP contribution in [0.4, 0.5) is 0 Å². The average molecular weight is 193 g/mol. The maximum absolute atomic E-state index is 11.0. The van der Waals surface area contributed by atoms with Crippen LogP contribution in [0, 0.1) is 5.41 Å². The lowest BCUT2D eigenvalue weighted by Crippen LogP contribution is -2.20. The lowest BCUT2D eigenvalue weighted by Gasteiger charge is -2.17. The van der Waals surface area contributed by atoms with Crippen LogP contribution >= 0.6 is 0 Å². The zero-order valence-corrected chi connectivity index (χ0v) is 8.74. The van der Waals surface area contributed by atoms with Gasteiger partial charge in [0.25, 0.3) is 5.91 Å². The number of nitrogens with two attached hydrogens (primary N) is 1. The largest absolute Gasteiger partial charge is 0.364 e. The zero-order chi connectivity index (χ0) is 10.8. The van der Waals surface area contributed by atoms with E-state index in [0.29, 0.717) is 12.1 Å². The van der Waals surface area contributed by atoms with Gasteiger partial charge < -0.3 is 5.73 Å². The molecule has 4 heteroatoms. The second-order valence-corrected chi connectivity index (χ2v) is 4.45. The molecular formula is C10H15N3O. The minimum atomic E-state index is -0.516. The number of primary amides is 1. The highest BCUT2D eigenvalue weighted by Crippen LogP contribution is 2.20. The molecule has 0 fully saturated rings. The molecule has 4 nitrogen and oxygen atoms in total. The van der Waals surface area contributed by atoms with Crippen molar-refractivity contribution in [3.8, 4) is 0 Å². The molecule has 1 heterocycles. The number of hydrogen-bond acceptors (Lipinski definition) is 3. The van der Waals surface area contributed by atoms with Crippen LogP contribution in [0.3, 0.4) is 0 Å². The fourth-order valence-corrected chi connectivity index (χ4v) is 1.20. The third-order valence-corrected chi connectivity index (χ3v) is 1.71. The molecule has 14 heavy (non-hydrogen) atoms. The molecule has 0 atom stereocenters. The molecule has 0 radical (unpaired) electrons. The summed E-state index contributed by atoms with van der Waals surface area (Å²) >= 11 is 0. The van der Waals surface area contributed by atoms with Gasteiger partial charge in [-0.05, 0) is 11.8 Å². The van der Waals surface area contributed by atoms with E-state index in [4.69, 9.17) is 5.73 Å². The SMILES string of the molecule is CC(C)(C)Cc1nccnc1C(N)=O. The first kappa shape index (κ1) is 10.6. The molecule has 1 amide bonds. The third kappa shape index (κ3) is 2.80. The molecule has 0 saturated carbocycles. The summed E-state index contributed by atoms with van der Waals surface area (Å²) in [6.45, 7) is 6.23. The second-order valence-electron chi connectivity index (χ2n) is 4.45. The number of amides is 1. The van der Waals surface area contributed by atoms with E-state index in [1.54, 1.807) is 6.20 Å². The number of carbonyl (C=O) groups excluding carboxylic acids is 1. The molecule has 0 aromatic carbocycles. The highest BCUT2D eigenvalue weighted by molar-refractivity contribution is 5.91. The van der Waals surface area contributed by atoms with Crippen molar-refractivity contribution >= 4 is 5.91 Å². The number of hydrogen-bond donors (Lipinski definition) is 1. The summed E-state index contributed by atoms with van der Waals surface area (Å²) in [7, 11) is 0. The van der Waals surface area contributed by atoms with Gasteiger partial charge in [0.1, 0.15) is 5.69 Å². The van der Waals surface area contributed by atoms with E-state index in [1.165, 1.54) is 6.20 Å². The maximum Gasteiger partial charge on any atom is 0.269 e. The minimum absolute atomic E-state index is 0.0697. The van der Waals surface area contributed by atoms with Crippen molar-refractivity contribution in [2.45, 2.75) is 27.2 Å². The van der Waals surface area contributed by atoms with Crippen molar-refractivity contribution in [3.05, 3.63) is 23.8 Å². The summed E-state index contributed by atoms with van der Waals surface area (Å²) in [5.74, 6) is -0.516. The van der Waals surface area contributed by atoms with E-state index in [2.05, 4.69) is 30.7 Å². The molecule has 0 aliphatic carbocycles. The first-order chi connectivity index (χ1) is 6.40. The van der Waals surface area contributed by atoms with Crippen molar-refractivity contribution in [2.75, 3.05) is 0 Å². The van der Waals surface area contributed by atoms with Crippen molar-refractivity contribution in [1.29, 1.82) is 0 Å². The van der Waals surface area contributed by atoms with Crippen LogP contribution in [0.5, 0.6) is 0 Å². The Bertz CT molecular complexity index is 341. The second kappa shape index (κ2) is 3.74. The normalized spacial score (nSPS) is 11.4. The summed E-state index contributed by atoms with van der Waals surface area (Å²) in [6.07, 6.45) is 3.75. The average Bonchev–Trinajstić information content (AvgIpc) is 2.01. The zero-order valence-electron chi connectivity index (χ0n) is 8.74. The van der Waals surface area contributed by atoms with Crippen LogP contribution in [-0.4, -0.2) is 15.9 Å². The monoisotopic (exact) mass is 193 g/mol. The Kier molecular flexibility index (Phi) is 2.84. The highest BCUT2D eigenvalue weighted by atomic mass is 16.1. The van der Waals surface area contributed by atoms with Crippen molar-refractivity contribution in [2.24, 2.45) is 11.1 Å². The Morgan fingerprint density at radius 1 is 1.36 bits per heavy atom. The smallest absolute Gasteiger partial charge is 0.269 e. The Morgan fingerprint density at radius 2 is 1.93 bits per heavy atom. The molecule has 0 saturated heterocycles. The molecule has 0 bridgehead atoms. The number of aromatic nitrogens is 2. The summed E-state index contributed by atoms with van der Waals surface area (Å²) in [6, 6.07) is 0. The van der Waals surface area contributed by atoms with Crippen molar-refractivity contribution in [1.82, 2.24) is 9.97 Å². The minimum Gasteiger partial charge on any atom is -0.364 e. The van der Waals surface area contributed by atoms with Crippen LogP contribution in [0.1, 0.15) is 37.0 Å². The van der Waals surface area contributed by atoms with E-state index in [9.17, 15) is 4.79 Å². The van der Waals surface area contributed by atoms with Gasteiger partial charge in [0.2, 0.25) is 0 Å². The number of rotatable bonds is 2. The van der Waals surface area contributed by atoms with E-state index in [1.807, 2.05) is 0 Å². The summed E-state index contributed by atoms with van der Waals surface area (Å²) in [5, 5.41) is 0. The molecular weight excluding hydrogens is 178 g/mol. The predicted octanol–water partition coefficient (Wildman–Crippen LogP) is 1.16. The molecule has 1 aromatic heterocycles. The van der Waals surface area contributed by atoms with Crippen LogP contribution in [0.2, 0.25) is 0 Å². The third-order valence-electron chi connectivity index (χ3n) is 1.71. The summed E-state index contributed by atoms with van der Waals surface area (Å²) in [5.41, 5.74) is 6.22. The standard InChI is InChI=1S/C10H15N3O/c1-10(2,3)6-7-8(9(11)14)13-5-4-12-7/h4-5H,6H2,1-3H3,(H2,11,14). The number of carbonyl (C=O) groups is 1. The van der Waals surface area contributed by atoms with Gasteiger partial charge in [-0.15, -0.1) is 0 Å². The Morgan fingerprint density at radius 3 is 2.43 bits per heavy atom. The van der Waals surface area contributed by atoms with Gasteiger partial charge in [0, 0.05) is 12.4 Å². The summed E-state index contributed by atoms with van der Waals surface area (Å²) in [4.78, 5) is 19.1. The van der Waals surface area contributed by atoms with Crippen molar-refractivity contribution in [3.63, 3.8) is 0 Å². The molecule has 0 aliphatic heterocycles. The van der Waals surface area contributed by atoms with E-state index in [-0.39, 0.29) is 11.1 Å². The fourth-order valence-electron chi connectivity index (χ4n) is 1.20. The molecule has 2 N–H and O–H groups in total. The molecule has 0 unspecified atom stereocenters. The van der Waals surface area contributed by atoms with Gasteiger partial charge in [-0.2, -0.15) is 0 Å². The quantitative estimate of drug-likeness (QED) is 0.766. The molecule has 0 aliphatic rings. The Hall–Kier alpha value is -1.45. The van der Waals surface area contributed by atoms with Crippen molar-refractivity contribution < 1.29 is 4.79 Å². The van der Waals surface area contributed by atoms with E-state index < -0.39 is 5.91 Å². The maximum atomic E-state index is 11.0. The van der Waals surface area contributed by atoms with Gasteiger partial charge in [-0.3, -0.25) is 9.78 Å². The topological polar surface area (TPSA) is 68.9 Å². The summed E-state index contributed by atoms with van der Waals surface area (Å²) < 4.78 is 0. The van der Waals surface area contributed by atoms with Gasteiger partial charge in [-0.25, -0.2) is 4.98 Å². The lowest BCUT2D eigenvalue weighted by atomic mass is 9.89. The van der Waals surface area contributed by atoms with Gasteiger partial charge in [-0.1, -0.05) is 20.8 Å². The van der Waals surface area contributed by atoms with E-state index >= 15 is 0 Å².